The Kier molecular flexibility index (Phi) is 6.39. The maximum atomic E-state index is 12.3. The molecule has 0 spiro atoms. The highest BCUT2D eigenvalue weighted by molar-refractivity contribution is 9.09. The standard InChI is InChI=1S/C10H20Br2N2O2S/c1-2-10(8-11,9-12)13-17(15,16)14-6-4-3-5-7-14/h13H,2-9H2,1H3. The van der Waals surface area contributed by atoms with Gasteiger partial charge < -0.3 is 0 Å². The quantitative estimate of drug-likeness (QED) is 0.706. The molecule has 1 N–H and O–H groups in total. The van der Waals surface area contributed by atoms with Crippen molar-refractivity contribution in [3.05, 3.63) is 0 Å². The van der Waals surface area contributed by atoms with Crippen LogP contribution in [0.25, 0.3) is 0 Å². The van der Waals surface area contributed by atoms with Gasteiger partial charge in [0.2, 0.25) is 0 Å². The molecular formula is C10H20Br2N2O2S. The molecule has 1 heterocycles. The highest BCUT2D eigenvalue weighted by Crippen LogP contribution is 2.20. The van der Waals surface area contributed by atoms with Crippen molar-refractivity contribution in [2.45, 2.75) is 38.1 Å². The third kappa shape index (κ3) is 4.16. The van der Waals surface area contributed by atoms with Gasteiger partial charge in [-0.25, -0.2) is 0 Å². The van der Waals surface area contributed by atoms with Crippen LogP contribution in [0.2, 0.25) is 0 Å². The first-order valence-corrected chi connectivity index (χ1v) is 9.59. The Morgan fingerprint density at radius 1 is 1.18 bits per heavy atom. The van der Waals surface area contributed by atoms with Gasteiger partial charge in [-0.2, -0.15) is 17.4 Å². The van der Waals surface area contributed by atoms with Gasteiger partial charge in [0, 0.05) is 23.7 Å². The van der Waals surface area contributed by atoms with Crippen LogP contribution in [0.1, 0.15) is 32.6 Å². The summed E-state index contributed by atoms with van der Waals surface area (Å²) >= 11 is 6.79. The molecule has 0 aromatic rings. The molecule has 0 saturated carbocycles. The summed E-state index contributed by atoms with van der Waals surface area (Å²) in [7, 11) is -3.35. The van der Waals surface area contributed by atoms with Crippen LogP contribution in [-0.2, 0) is 10.2 Å². The largest absolute Gasteiger partial charge is 0.280 e. The molecule has 4 nitrogen and oxygen atoms in total. The smallest absolute Gasteiger partial charge is 0.195 e. The fourth-order valence-corrected chi connectivity index (χ4v) is 5.87. The van der Waals surface area contributed by atoms with Crippen LogP contribution in [0.5, 0.6) is 0 Å². The second kappa shape index (κ2) is 6.84. The summed E-state index contributed by atoms with van der Waals surface area (Å²) in [6.45, 7) is 3.26. The summed E-state index contributed by atoms with van der Waals surface area (Å²) in [4.78, 5) is 0. The summed E-state index contributed by atoms with van der Waals surface area (Å²) < 4.78 is 28.9. The maximum Gasteiger partial charge on any atom is 0.280 e. The van der Waals surface area contributed by atoms with Crippen molar-refractivity contribution in [1.29, 1.82) is 0 Å². The molecule has 0 bridgehead atoms. The van der Waals surface area contributed by atoms with Gasteiger partial charge in [0.25, 0.3) is 10.2 Å². The molecule has 0 aromatic carbocycles. The van der Waals surface area contributed by atoms with E-state index in [1.165, 1.54) is 0 Å². The first-order valence-electron chi connectivity index (χ1n) is 5.90. The fraction of sp³-hybridized carbons (Fsp3) is 1.00. The molecule has 1 saturated heterocycles. The molecule has 7 heteroatoms. The van der Waals surface area contributed by atoms with E-state index in [0.29, 0.717) is 23.7 Å². The van der Waals surface area contributed by atoms with Crippen LogP contribution in [0.3, 0.4) is 0 Å². The zero-order valence-corrected chi connectivity index (χ0v) is 14.1. The number of piperidine rings is 1. The van der Waals surface area contributed by atoms with Gasteiger partial charge in [0.15, 0.2) is 0 Å². The molecule has 17 heavy (non-hydrogen) atoms. The normalized spacial score (nSPS) is 19.5. The Balaban J connectivity index is 2.76. The zero-order valence-electron chi connectivity index (χ0n) is 10.1. The predicted molar refractivity (Wildman–Crippen MR) is 78.1 cm³/mol. The van der Waals surface area contributed by atoms with Crippen molar-refractivity contribution in [2.24, 2.45) is 0 Å². The lowest BCUT2D eigenvalue weighted by Gasteiger charge is -2.34. The minimum atomic E-state index is -3.35. The fourth-order valence-electron chi connectivity index (χ4n) is 1.79. The van der Waals surface area contributed by atoms with E-state index in [1.807, 2.05) is 6.92 Å². The number of nitrogens with one attached hydrogen (secondary N) is 1. The third-order valence-corrected chi connectivity index (χ3v) is 7.07. The molecule has 102 valence electrons. The van der Waals surface area contributed by atoms with E-state index in [0.717, 1.165) is 25.7 Å². The number of hydrogen-bond acceptors (Lipinski definition) is 2. The summed E-state index contributed by atoms with van der Waals surface area (Å²) in [5.74, 6) is 0. The van der Waals surface area contributed by atoms with Gasteiger partial charge in [-0.15, -0.1) is 0 Å². The summed E-state index contributed by atoms with van der Waals surface area (Å²) in [6, 6.07) is 0. The molecule has 1 rings (SSSR count). The lowest BCUT2D eigenvalue weighted by Crippen LogP contribution is -2.56. The van der Waals surface area contributed by atoms with Crippen molar-refractivity contribution in [3.63, 3.8) is 0 Å². The Morgan fingerprint density at radius 2 is 1.71 bits per heavy atom. The first-order chi connectivity index (χ1) is 7.99. The Morgan fingerprint density at radius 3 is 2.12 bits per heavy atom. The number of nitrogens with zero attached hydrogens (tertiary/aromatic N) is 1. The van der Waals surface area contributed by atoms with E-state index < -0.39 is 15.7 Å². The monoisotopic (exact) mass is 390 g/mol. The van der Waals surface area contributed by atoms with Crippen LogP contribution in [0, 0.1) is 0 Å². The second-order valence-electron chi connectivity index (χ2n) is 4.47. The summed E-state index contributed by atoms with van der Waals surface area (Å²) in [5, 5.41) is 1.21. The van der Waals surface area contributed by atoms with Gasteiger partial charge in [0.1, 0.15) is 0 Å². The maximum absolute atomic E-state index is 12.3. The van der Waals surface area contributed by atoms with Crippen LogP contribution >= 0.6 is 31.9 Å². The van der Waals surface area contributed by atoms with Crippen molar-refractivity contribution >= 4 is 42.1 Å². The molecule has 0 amide bonds. The van der Waals surface area contributed by atoms with E-state index >= 15 is 0 Å². The third-order valence-electron chi connectivity index (χ3n) is 3.19. The summed E-state index contributed by atoms with van der Waals surface area (Å²) in [5.41, 5.74) is -0.434. The van der Waals surface area contributed by atoms with Gasteiger partial charge in [-0.3, -0.25) is 0 Å². The average Bonchev–Trinajstić information content (AvgIpc) is 2.37. The predicted octanol–water partition coefficient (Wildman–Crippen LogP) is 2.25. The van der Waals surface area contributed by atoms with Crippen molar-refractivity contribution < 1.29 is 8.42 Å². The average molecular weight is 392 g/mol. The molecule has 0 atom stereocenters. The summed E-state index contributed by atoms with van der Waals surface area (Å²) in [6.07, 6.45) is 3.80. The van der Waals surface area contributed by atoms with Crippen molar-refractivity contribution in [3.8, 4) is 0 Å². The highest BCUT2D eigenvalue weighted by Gasteiger charge is 2.34. The van der Waals surface area contributed by atoms with Gasteiger partial charge >= 0.3 is 0 Å². The zero-order chi connectivity index (χ0) is 12.9. The van der Waals surface area contributed by atoms with E-state index in [4.69, 9.17) is 0 Å². The van der Waals surface area contributed by atoms with Crippen molar-refractivity contribution in [2.75, 3.05) is 23.7 Å². The van der Waals surface area contributed by atoms with Crippen LogP contribution < -0.4 is 4.72 Å². The Bertz CT molecular complexity index is 317. The number of rotatable bonds is 6. The van der Waals surface area contributed by atoms with Gasteiger partial charge in [-0.05, 0) is 19.3 Å². The molecule has 0 aliphatic carbocycles. The molecule has 0 unspecified atom stereocenters. The number of alkyl halides is 2. The van der Waals surface area contributed by atoms with E-state index in [2.05, 4.69) is 36.6 Å². The van der Waals surface area contributed by atoms with E-state index in [9.17, 15) is 8.42 Å². The highest BCUT2D eigenvalue weighted by atomic mass is 79.9. The lowest BCUT2D eigenvalue weighted by atomic mass is 10.0. The minimum absolute atomic E-state index is 0.434. The van der Waals surface area contributed by atoms with Crippen molar-refractivity contribution in [1.82, 2.24) is 9.03 Å². The molecule has 1 aliphatic heterocycles. The second-order valence-corrected chi connectivity index (χ2v) is 7.26. The lowest BCUT2D eigenvalue weighted by molar-refractivity contribution is 0.330. The molecule has 1 aliphatic rings. The molecule has 0 aromatic heterocycles. The van der Waals surface area contributed by atoms with Crippen LogP contribution in [-0.4, -0.2) is 42.0 Å². The number of halogens is 2. The number of hydrogen-bond donors (Lipinski definition) is 1. The van der Waals surface area contributed by atoms with E-state index in [1.54, 1.807) is 4.31 Å². The van der Waals surface area contributed by atoms with E-state index in [-0.39, 0.29) is 0 Å². The molecule has 0 radical (unpaired) electrons. The minimum Gasteiger partial charge on any atom is -0.195 e. The van der Waals surface area contributed by atoms with Gasteiger partial charge in [0.05, 0.1) is 5.54 Å². The SMILES string of the molecule is CCC(CBr)(CBr)NS(=O)(=O)N1CCCCC1. The molecular weight excluding hydrogens is 372 g/mol. The first kappa shape index (κ1) is 15.9. The molecule has 1 fully saturated rings. The topological polar surface area (TPSA) is 49.4 Å². The Labute approximate surface area is 121 Å². The van der Waals surface area contributed by atoms with Gasteiger partial charge in [-0.1, -0.05) is 45.2 Å². The van der Waals surface area contributed by atoms with Crippen LogP contribution in [0.4, 0.5) is 0 Å². The van der Waals surface area contributed by atoms with Crippen LogP contribution in [0.15, 0.2) is 0 Å². The Hall–Kier alpha value is 0.830.